The van der Waals surface area contributed by atoms with Gasteiger partial charge in [-0.1, -0.05) is 28.9 Å². The summed E-state index contributed by atoms with van der Waals surface area (Å²) in [5, 5.41) is 9.26. The molecule has 0 unspecified atom stereocenters. The predicted molar refractivity (Wildman–Crippen MR) is 99.4 cm³/mol. The van der Waals surface area contributed by atoms with Crippen LogP contribution < -0.4 is 5.32 Å². The van der Waals surface area contributed by atoms with Crippen LogP contribution in [0.2, 0.25) is 5.02 Å². The van der Waals surface area contributed by atoms with E-state index in [0.29, 0.717) is 21.6 Å². The van der Waals surface area contributed by atoms with Crippen LogP contribution in [-0.4, -0.2) is 40.4 Å². The predicted octanol–water partition coefficient (Wildman–Crippen LogP) is 3.47. The van der Waals surface area contributed by atoms with Crippen LogP contribution in [-0.2, 0) is 4.79 Å². The van der Waals surface area contributed by atoms with Gasteiger partial charge in [0.05, 0.1) is 6.54 Å². The third kappa shape index (κ3) is 4.27. The molecule has 0 aliphatic heterocycles. The summed E-state index contributed by atoms with van der Waals surface area (Å²) in [4.78, 5) is 30.1. The van der Waals surface area contributed by atoms with Crippen molar-refractivity contribution in [3.05, 3.63) is 52.2 Å². The molecule has 9 heteroatoms. The Labute approximate surface area is 158 Å². The molecule has 3 aromatic rings. The molecular formula is C17H15ClN4O3S. The number of carbonyl (C=O) groups is 2. The van der Waals surface area contributed by atoms with Crippen LogP contribution in [0.15, 0.2) is 40.2 Å². The van der Waals surface area contributed by atoms with Crippen molar-refractivity contribution in [2.75, 3.05) is 18.9 Å². The molecule has 1 N–H and O–H groups in total. The lowest BCUT2D eigenvalue weighted by Crippen LogP contribution is -2.35. The lowest BCUT2D eigenvalue weighted by Gasteiger charge is -2.14. The van der Waals surface area contributed by atoms with Crippen LogP contribution in [0.5, 0.6) is 0 Å². The summed E-state index contributed by atoms with van der Waals surface area (Å²) in [6.07, 6.45) is 0. The highest BCUT2D eigenvalue weighted by molar-refractivity contribution is 7.13. The fraction of sp³-hybridized carbons (Fsp3) is 0.176. The molecule has 0 fully saturated rings. The molecule has 134 valence electrons. The fourth-order valence-corrected chi connectivity index (χ4v) is 3.11. The van der Waals surface area contributed by atoms with Gasteiger partial charge < -0.3 is 14.7 Å². The second-order valence-electron chi connectivity index (χ2n) is 5.58. The standard InChI is InChI=1S/C17H15ClN4O3S/c1-10-7-14(21-25-10)20-15(23)8-22(2)17(24)13-9-26-16(19-13)11-3-5-12(18)6-4-11/h3-7,9H,8H2,1-2H3,(H,20,21,23). The van der Waals surface area contributed by atoms with Gasteiger partial charge in [-0.2, -0.15) is 0 Å². The zero-order valence-corrected chi connectivity index (χ0v) is 15.6. The van der Waals surface area contributed by atoms with E-state index in [9.17, 15) is 9.59 Å². The highest BCUT2D eigenvalue weighted by atomic mass is 35.5. The maximum atomic E-state index is 12.5. The Morgan fingerprint density at radius 1 is 1.31 bits per heavy atom. The van der Waals surface area contributed by atoms with E-state index in [1.165, 1.54) is 23.3 Å². The number of aryl methyl sites for hydroxylation is 1. The summed E-state index contributed by atoms with van der Waals surface area (Å²) in [5.41, 5.74) is 1.16. The second-order valence-corrected chi connectivity index (χ2v) is 6.87. The number of anilines is 1. The number of rotatable bonds is 5. The van der Waals surface area contributed by atoms with Crippen LogP contribution in [0, 0.1) is 6.92 Å². The van der Waals surface area contributed by atoms with Gasteiger partial charge in [0, 0.05) is 29.1 Å². The number of halogens is 1. The number of benzene rings is 1. The molecule has 0 aliphatic rings. The average Bonchev–Trinajstić information content (AvgIpc) is 3.24. The van der Waals surface area contributed by atoms with E-state index in [1.54, 1.807) is 30.5 Å². The summed E-state index contributed by atoms with van der Waals surface area (Å²) < 4.78 is 4.88. The second kappa shape index (κ2) is 7.67. The number of carbonyl (C=O) groups excluding carboxylic acids is 2. The SMILES string of the molecule is Cc1cc(NC(=O)CN(C)C(=O)c2csc(-c3ccc(Cl)cc3)n2)no1. The van der Waals surface area contributed by atoms with Gasteiger partial charge in [-0.05, 0) is 19.1 Å². The summed E-state index contributed by atoms with van der Waals surface area (Å²) >= 11 is 7.23. The summed E-state index contributed by atoms with van der Waals surface area (Å²) in [6, 6.07) is 8.81. The molecule has 2 heterocycles. The Kier molecular flexibility index (Phi) is 5.34. The molecule has 0 saturated carbocycles. The first-order valence-electron chi connectivity index (χ1n) is 7.62. The number of hydrogen-bond donors (Lipinski definition) is 1. The molecule has 1 aromatic carbocycles. The van der Waals surface area contributed by atoms with Crippen LogP contribution in [0.1, 0.15) is 16.2 Å². The summed E-state index contributed by atoms with van der Waals surface area (Å²) in [7, 11) is 1.54. The third-order valence-electron chi connectivity index (χ3n) is 3.44. The molecule has 26 heavy (non-hydrogen) atoms. The van der Waals surface area contributed by atoms with Crippen molar-refractivity contribution in [3.8, 4) is 10.6 Å². The number of nitrogens with one attached hydrogen (secondary N) is 1. The molecular weight excluding hydrogens is 376 g/mol. The van der Waals surface area contributed by atoms with Crippen molar-refractivity contribution in [3.63, 3.8) is 0 Å². The van der Waals surface area contributed by atoms with E-state index in [2.05, 4.69) is 15.5 Å². The van der Waals surface area contributed by atoms with E-state index in [0.717, 1.165) is 5.56 Å². The Hall–Kier alpha value is -2.71. The fourth-order valence-electron chi connectivity index (χ4n) is 2.19. The number of aromatic nitrogens is 2. The van der Waals surface area contributed by atoms with Crippen molar-refractivity contribution in [1.29, 1.82) is 0 Å². The van der Waals surface area contributed by atoms with Gasteiger partial charge in [-0.15, -0.1) is 11.3 Å². The lowest BCUT2D eigenvalue weighted by molar-refractivity contribution is -0.116. The van der Waals surface area contributed by atoms with Crippen molar-refractivity contribution >= 4 is 40.6 Å². The molecule has 2 aromatic heterocycles. The molecule has 0 spiro atoms. The Bertz CT molecular complexity index is 936. The van der Waals surface area contributed by atoms with Crippen LogP contribution in [0.3, 0.4) is 0 Å². The highest BCUT2D eigenvalue weighted by Crippen LogP contribution is 2.25. The Morgan fingerprint density at radius 3 is 2.69 bits per heavy atom. The van der Waals surface area contributed by atoms with Gasteiger partial charge in [-0.25, -0.2) is 4.98 Å². The molecule has 0 bridgehead atoms. The van der Waals surface area contributed by atoms with Gasteiger partial charge >= 0.3 is 0 Å². The zero-order valence-electron chi connectivity index (χ0n) is 14.0. The van der Waals surface area contributed by atoms with Crippen molar-refractivity contribution in [2.45, 2.75) is 6.92 Å². The minimum absolute atomic E-state index is 0.126. The smallest absolute Gasteiger partial charge is 0.273 e. The first-order valence-corrected chi connectivity index (χ1v) is 8.88. The normalized spacial score (nSPS) is 10.6. The summed E-state index contributed by atoms with van der Waals surface area (Å²) in [6.45, 7) is 1.59. The van der Waals surface area contributed by atoms with Crippen molar-refractivity contribution < 1.29 is 14.1 Å². The van der Waals surface area contributed by atoms with Crippen LogP contribution in [0.25, 0.3) is 10.6 Å². The Balaban J connectivity index is 1.63. The molecule has 0 atom stereocenters. The maximum absolute atomic E-state index is 12.5. The monoisotopic (exact) mass is 390 g/mol. The molecule has 0 aliphatic carbocycles. The van der Waals surface area contributed by atoms with Gasteiger partial charge in [0.1, 0.15) is 16.5 Å². The first kappa shape index (κ1) is 18.1. The molecule has 3 rings (SSSR count). The number of thiazole rings is 1. The Morgan fingerprint density at radius 2 is 2.04 bits per heavy atom. The molecule has 7 nitrogen and oxygen atoms in total. The zero-order chi connectivity index (χ0) is 18.7. The maximum Gasteiger partial charge on any atom is 0.273 e. The summed E-state index contributed by atoms with van der Waals surface area (Å²) in [5.74, 6) is 0.184. The van der Waals surface area contributed by atoms with E-state index in [-0.39, 0.29) is 24.1 Å². The van der Waals surface area contributed by atoms with E-state index in [4.69, 9.17) is 16.1 Å². The largest absolute Gasteiger partial charge is 0.360 e. The van der Waals surface area contributed by atoms with Gasteiger partial charge in [0.2, 0.25) is 5.91 Å². The molecule has 0 saturated heterocycles. The molecule has 2 amide bonds. The van der Waals surface area contributed by atoms with Crippen LogP contribution in [0.4, 0.5) is 5.82 Å². The highest BCUT2D eigenvalue weighted by Gasteiger charge is 2.19. The first-order chi connectivity index (χ1) is 12.4. The van der Waals surface area contributed by atoms with Crippen LogP contribution >= 0.6 is 22.9 Å². The number of nitrogens with zero attached hydrogens (tertiary/aromatic N) is 3. The van der Waals surface area contributed by atoms with E-state index >= 15 is 0 Å². The number of amides is 2. The topological polar surface area (TPSA) is 88.3 Å². The number of hydrogen-bond acceptors (Lipinski definition) is 6. The third-order valence-corrected chi connectivity index (χ3v) is 4.58. The van der Waals surface area contributed by atoms with E-state index in [1.807, 2.05) is 12.1 Å². The average molecular weight is 391 g/mol. The van der Waals surface area contributed by atoms with Gasteiger partial charge in [-0.3, -0.25) is 9.59 Å². The van der Waals surface area contributed by atoms with Crippen molar-refractivity contribution in [2.24, 2.45) is 0 Å². The van der Waals surface area contributed by atoms with E-state index < -0.39 is 0 Å². The van der Waals surface area contributed by atoms with Gasteiger partial charge in [0.15, 0.2) is 5.82 Å². The minimum atomic E-state index is -0.373. The lowest BCUT2D eigenvalue weighted by atomic mass is 10.2. The molecule has 0 radical (unpaired) electrons. The van der Waals surface area contributed by atoms with Gasteiger partial charge in [0.25, 0.3) is 5.91 Å². The van der Waals surface area contributed by atoms with Crippen molar-refractivity contribution in [1.82, 2.24) is 15.0 Å². The minimum Gasteiger partial charge on any atom is -0.360 e. The quantitative estimate of drug-likeness (QED) is 0.720. The number of likely N-dealkylation sites (N-methyl/N-ethyl adjacent to an activating group) is 1.